The zero-order valence-corrected chi connectivity index (χ0v) is 38.2. The van der Waals surface area contributed by atoms with E-state index >= 15 is 0 Å². The first-order valence-corrected chi connectivity index (χ1v) is 23.2. The molecule has 3 aliphatic carbocycles. The molecule has 9 aromatic rings. The van der Waals surface area contributed by atoms with Crippen LogP contribution in [0.1, 0.15) is 101 Å². The van der Waals surface area contributed by atoms with Crippen molar-refractivity contribution >= 4 is 32.2 Å². The van der Waals surface area contributed by atoms with E-state index in [0.717, 1.165) is 0 Å². The van der Waals surface area contributed by atoms with E-state index in [1.54, 1.807) is 0 Å². The predicted octanol–water partition coefficient (Wildman–Crippen LogP) is 17.3. The van der Waals surface area contributed by atoms with Crippen LogP contribution < -0.4 is 0 Å². The van der Waals surface area contributed by atoms with Crippen LogP contribution in [-0.4, -0.2) is 0 Å². The average Bonchev–Trinajstić information content (AvgIpc) is 3.93. The van der Waals surface area contributed by atoms with Crippen LogP contribution in [0.25, 0.3) is 86.9 Å². The van der Waals surface area contributed by atoms with Crippen molar-refractivity contribution in [2.24, 2.45) is 0 Å². The fourth-order valence-electron chi connectivity index (χ4n) is 11.4. The minimum Gasteiger partial charge on any atom is -0.135 e. The van der Waals surface area contributed by atoms with E-state index in [9.17, 15) is 0 Å². The van der Waals surface area contributed by atoms with E-state index in [1.165, 1.54) is 126 Å². The van der Waals surface area contributed by atoms with Crippen LogP contribution in [0.3, 0.4) is 0 Å². The van der Waals surface area contributed by atoms with Crippen LogP contribution in [0.5, 0.6) is 0 Å². The first kappa shape index (κ1) is 37.7. The Morgan fingerprint density at radius 1 is 0.339 bits per heavy atom. The number of hydrogen-bond donors (Lipinski definition) is 0. The molecule has 0 atom stereocenters. The topological polar surface area (TPSA) is 0 Å². The van der Waals surface area contributed by atoms with Gasteiger partial charge < -0.3 is 0 Å². The van der Waals surface area contributed by atoms with Crippen LogP contribution in [0.2, 0.25) is 0 Å². The van der Waals surface area contributed by atoms with Gasteiger partial charge in [-0.2, -0.15) is 0 Å². The maximum atomic E-state index is 2.57. The van der Waals surface area contributed by atoms with Crippen LogP contribution >= 0.6 is 11.3 Å². The second-order valence-corrected chi connectivity index (χ2v) is 22.1. The third-order valence-electron chi connectivity index (χ3n) is 15.2. The normalized spacial score (nSPS) is 15.9. The molecular weight excluding hydrogens is 765 g/mol. The highest BCUT2D eigenvalue weighted by atomic mass is 32.1. The molecule has 8 aromatic carbocycles. The average molecular weight is 817 g/mol. The lowest BCUT2D eigenvalue weighted by molar-refractivity contribution is 0.590. The molecule has 0 bridgehead atoms. The minimum atomic E-state index is -0.133. The molecule has 1 aromatic heterocycles. The first-order chi connectivity index (χ1) is 29.6. The van der Waals surface area contributed by atoms with Gasteiger partial charge >= 0.3 is 0 Å². The zero-order chi connectivity index (χ0) is 42.7. The van der Waals surface area contributed by atoms with E-state index in [0.29, 0.717) is 0 Å². The maximum Gasteiger partial charge on any atom is 0.0355 e. The van der Waals surface area contributed by atoms with Crippen molar-refractivity contribution in [3.63, 3.8) is 0 Å². The molecule has 1 heteroatoms. The molecule has 1 heterocycles. The van der Waals surface area contributed by atoms with Gasteiger partial charge in [-0.3, -0.25) is 0 Å². The fraction of sp³-hybridized carbons (Fsp3) is 0.213. The van der Waals surface area contributed by atoms with Crippen LogP contribution in [0, 0.1) is 0 Å². The highest BCUT2D eigenvalue weighted by Crippen LogP contribution is 2.59. The summed E-state index contributed by atoms with van der Waals surface area (Å²) in [6, 6.07) is 58.8. The summed E-state index contributed by atoms with van der Waals surface area (Å²) in [5.74, 6) is 0. The van der Waals surface area contributed by atoms with Gasteiger partial charge in [-0.05, 0) is 182 Å². The molecule has 0 nitrogen and oxygen atoms in total. The Bertz CT molecular complexity index is 3360. The smallest absolute Gasteiger partial charge is 0.0355 e. The molecule has 62 heavy (non-hydrogen) atoms. The van der Waals surface area contributed by atoms with Gasteiger partial charge in [0.05, 0.1) is 0 Å². The van der Waals surface area contributed by atoms with Gasteiger partial charge in [-0.1, -0.05) is 153 Å². The lowest BCUT2D eigenvalue weighted by Gasteiger charge is -2.25. The van der Waals surface area contributed by atoms with Gasteiger partial charge in [0, 0.05) is 25.8 Å². The Kier molecular flexibility index (Phi) is 7.64. The van der Waals surface area contributed by atoms with Crippen LogP contribution in [0.15, 0.2) is 152 Å². The lowest BCUT2D eigenvalue weighted by atomic mass is 9.78. The highest BCUT2D eigenvalue weighted by molar-refractivity contribution is 7.22. The van der Waals surface area contributed by atoms with E-state index < -0.39 is 0 Å². The molecular formula is C61H52S. The molecule has 12 rings (SSSR count). The molecule has 3 aliphatic rings. The number of thiophene rings is 1. The number of rotatable bonds is 3. The van der Waals surface area contributed by atoms with E-state index in [-0.39, 0.29) is 21.7 Å². The monoisotopic (exact) mass is 816 g/mol. The van der Waals surface area contributed by atoms with E-state index in [4.69, 9.17) is 0 Å². The van der Waals surface area contributed by atoms with Crippen LogP contribution in [0.4, 0.5) is 0 Å². The lowest BCUT2D eigenvalue weighted by Crippen LogP contribution is -2.17. The molecule has 0 spiro atoms. The number of hydrogen-bond acceptors (Lipinski definition) is 1. The van der Waals surface area contributed by atoms with Crippen molar-refractivity contribution in [2.45, 2.75) is 84.0 Å². The molecule has 0 amide bonds. The highest BCUT2D eigenvalue weighted by Gasteiger charge is 2.44. The first-order valence-electron chi connectivity index (χ1n) is 22.4. The van der Waals surface area contributed by atoms with Crippen molar-refractivity contribution in [3.05, 3.63) is 191 Å². The van der Waals surface area contributed by atoms with Gasteiger partial charge in [0.2, 0.25) is 0 Å². The van der Waals surface area contributed by atoms with E-state index in [1.807, 2.05) is 11.3 Å². The quantitative estimate of drug-likeness (QED) is 0.167. The molecule has 0 saturated carbocycles. The molecule has 0 aliphatic heterocycles. The number of benzene rings is 8. The van der Waals surface area contributed by atoms with Crippen molar-refractivity contribution in [3.8, 4) is 66.1 Å². The third kappa shape index (κ3) is 5.31. The van der Waals surface area contributed by atoms with Crippen LogP contribution in [-0.2, 0) is 21.7 Å². The van der Waals surface area contributed by atoms with Crippen molar-refractivity contribution in [1.29, 1.82) is 0 Å². The summed E-state index contributed by atoms with van der Waals surface area (Å²) in [6.07, 6.45) is 0. The van der Waals surface area contributed by atoms with Gasteiger partial charge in [0.25, 0.3) is 0 Å². The predicted molar refractivity (Wildman–Crippen MR) is 267 cm³/mol. The fourth-order valence-corrected chi connectivity index (χ4v) is 12.5. The van der Waals surface area contributed by atoms with Crippen molar-refractivity contribution in [1.82, 2.24) is 0 Å². The molecule has 302 valence electrons. The summed E-state index contributed by atoms with van der Waals surface area (Å²) in [5, 5.41) is 3.87. The van der Waals surface area contributed by atoms with E-state index in [2.05, 4.69) is 214 Å². The Labute approximate surface area is 371 Å². The summed E-state index contributed by atoms with van der Waals surface area (Å²) < 4.78 is 1.34. The molecule has 0 fully saturated rings. The second-order valence-electron chi connectivity index (χ2n) is 21.0. The molecule has 0 saturated heterocycles. The Morgan fingerprint density at radius 3 is 1.26 bits per heavy atom. The number of fused-ring (bicyclic) bond motifs is 11. The SMILES string of the molecule is CC(C)(C)c1ccc(-c2ccc3c(c2)C(C)(C)c2cc4c(cc2-3)C(C)(C)c2cc3c(cc2-4)C(C)(C)c2cc(-c4ccc5cc(-c6cc7ccccc7s6)ccc5c4)ccc2-3)cc1. The second kappa shape index (κ2) is 12.6. The Balaban J connectivity index is 0.888. The summed E-state index contributed by atoms with van der Waals surface area (Å²) in [5.41, 5.74) is 24.5. The summed E-state index contributed by atoms with van der Waals surface area (Å²) in [4.78, 5) is 1.32. The zero-order valence-electron chi connectivity index (χ0n) is 37.3. The van der Waals surface area contributed by atoms with Gasteiger partial charge in [-0.25, -0.2) is 0 Å². The van der Waals surface area contributed by atoms with Gasteiger partial charge in [-0.15, -0.1) is 11.3 Å². The summed E-state index contributed by atoms with van der Waals surface area (Å²) >= 11 is 1.87. The minimum absolute atomic E-state index is 0.110. The van der Waals surface area contributed by atoms with Gasteiger partial charge in [0.1, 0.15) is 0 Å². The Morgan fingerprint density at radius 2 is 0.742 bits per heavy atom. The molecule has 0 N–H and O–H groups in total. The largest absolute Gasteiger partial charge is 0.135 e. The molecule has 0 unspecified atom stereocenters. The van der Waals surface area contributed by atoms with Crippen molar-refractivity contribution in [2.75, 3.05) is 0 Å². The maximum absolute atomic E-state index is 2.57. The summed E-state index contributed by atoms with van der Waals surface area (Å²) in [7, 11) is 0. The summed E-state index contributed by atoms with van der Waals surface area (Å²) in [6.45, 7) is 21.5. The van der Waals surface area contributed by atoms with Crippen molar-refractivity contribution < 1.29 is 0 Å². The third-order valence-corrected chi connectivity index (χ3v) is 16.4. The standard InChI is InChI=1S/C61H52S/c1-58(2,3)43-22-18-35(19-23-43)39-20-24-44-46-31-54-48(33-52(46)59(4,5)50(44)28-39)49-34-53-47(32-55(49)61(54,8)9)45-25-21-40(29-51(45)60(53,6)7)37-14-15-38-27-42(17-16-36(38)26-37)57-30-41-12-10-11-13-56(41)62-57/h10-34H,1-9H3. The van der Waals surface area contributed by atoms with Gasteiger partial charge in [0.15, 0.2) is 0 Å². The Hall–Kier alpha value is -6.02. The molecule has 0 radical (unpaired) electrons.